The van der Waals surface area contributed by atoms with Crippen LogP contribution in [0.2, 0.25) is 0 Å². The molecule has 1 aromatic rings. The monoisotopic (exact) mass is 225 g/mol. The Kier molecular flexibility index (Phi) is 2.65. The van der Waals surface area contributed by atoms with E-state index in [9.17, 15) is 4.79 Å². The van der Waals surface area contributed by atoms with Crippen molar-refractivity contribution in [2.45, 2.75) is 0 Å². The first-order valence-corrected chi connectivity index (χ1v) is 4.16. The van der Waals surface area contributed by atoms with Gasteiger partial charge in [-0.25, -0.2) is 0 Å². The number of primary amides is 1. The standard InChI is InChI=1S/C9H8BrNO/c1-6(9(11)12)7-4-2-3-5-8(7)10/h2-5H,1H2,(H2,11,12). The lowest BCUT2D eigenvalue weighted by Crippen LogP contribution is -2.12. The molecule has 1 rings (SSSR count). The maximum Gasteiger partial charge on any atom is 0.248 e. The predicted molar refractivity (Wildman–Crippen MR) is 52.4 cm³/mol. The number of carbonyl (C=O) groups is 1. The normalized spacial score (nSPS) is 9.42. The molecule has 0 fully saturated rings. The molecule has 0 bridgehead atoms. The molecule has 0 atom stereocenters. The zero-order valence-electron chi connectivity index (χ0n) is 6.38. The Morgan fingerprint density at radius 1 is 1.42 bits per heavy atom. The maximum absolute atomic E-state index is 10.8. The Labute approximate surface area is 79.2 Å². The molecule has 2 nitrogen and oxygen atoms in total. The van der Waals surface area contributed by atoms with Crippen molar-refractivity contribution in [1.29, 1.82) is 0 Å². The molecule has 0 radical (unpaired) electrons. The molecular weight excluding hydrogens is 218 g/mol. The molecule has 0 aliphatic heterocycles. The van der Waals surface area contributed by atoms with Crippen molar-refractivity contribution in [3.05, 3.63) is 40.9 Å². The number of nitrogens with two attached hydrogens (primary N) is 1. The van der Waals surface area contributed by atoms with Crippen molar-refractivity contribution >= 4 is 27.4 Å². The van der Waals surface area contributed by atoms with E-state index in [0.29, 0.717) is 5.57 Å². The van der Waals surface area contributed by atoms with Crippen molar-refractivity contribution in [3.8, 4) is 0 Å². The van der Waals surface area contributed by atoms with E-state index in [2.05, 4.69) is 22.5 Å². The quantitative estimate of drug-likeness (QED) is 0.769. The molecule has 1 amide bonds. The van der Waals surface area contributed by atoms with E-state index in [4.69, 9.17) is 5.73 Å². The lowest BCUT2D eigenvalue weighted by Gasteiger charge is -2.02. The summed E-state index contributed by atoms with van der Waals surface area (Å²) in [4.78, 5) is 10.8. The van der Waals surface area contributed by atoms with Crippen LogP contribution in [0, 0.1) is 0 Å². The fourth-order valence-corrected chi connectivity index (χ4v) is 1.36. The van der Waals surface area contributed by atoms with Gasteiger partial charge in [0, 0.05) is 15.6 Å². The van der Waals surface area contributed by atoms with Crippen LogP contribution in [0.4, 0.5) is 0 Å². The van der Waals surface area contributed by atoms with E-state index in [0.717, 1.165) is 10.0 Å². The molecule has 3 heteroatoms. The van der Waals surface area contributed by atoms with Gasteiger partial charge in [0.15, 0.2) is 0 Å². The number of amides is 1. The first-order valence-electron chi connectivity index (χ1n) is 3.36. The van der Waals surface area contributed by atoms with Crippen LogP contribution in [0.5, 0.6) is 0 Å². The minimum absolute atomic E-state index is 0.322. The van der Waals surface area contributed by atoms with Crippen LogP contribution in [0.25, 0.3) is 5.57 Å². The fraction of sp³-hybridized carbons (Fsp3) is 0. The average molecular weight is 226 g/mol. The summed E-state index contributed by atoms with van der Waals surface area (Å²) in [7, 11) is 0. The number of rotatable bonds is 2. The zero-order valence-corrected chi connectivity index (χ0v) is 7.97. The van der Waals surface area contributed by atoms with Crippen LogP contribution < -0.4 is 5.73 Å². The van der Waals surface area contributed by atoms with Crippen LogP contribution >= 0.6 is 15.9 Å². The minimum atomic E-state index is -0.498. The van der Waals surface area contributed by atoms with Crippen molar-refractivity contribution in [3.63, 3.8) is 0 Å². The molecule has 0 saturated heterocycles. The lowest BCUT2D eigenvalue weighted by atomic mass is 10.1. The third kappa shape index (κ3) is 1.74. The smallest absolute Gasteiger partial charge is 0.248 e. The van der Waals surface area contributed by atoms with E-state index < -0.39 is 5.91 Å². The Bertz CT molecular complexity index is 333. The molecule has 0 saturated carbocycles. The summed E-state index contributed by atoms with van der Waals surface area (Å²) in [6.07, 6.45) is 0. The highest BCUT2D eigenvalue weighted by molar-refractivity contribution is 9.10. The number of benzene rings is 1. The molecule has 62 valence electrons. The Morgan fingerprint density at radius 2 is 2.00 bits per heavy atom. The topological polar surface area (TPSA) is 43.1 Å². The van der Waals surface area contributed by atoms with Gasteiger partial charge >= 0.3 is 0 Å². The number of hydrogen-bond donors (Lipinski definition) is 1. The summed E-state index contributed by atoms with van der Waals surface area (Å²) in [6, 6.07) is 7.32. The van der Waals surface area contributed by atoms with Gasteiger partial charge in [0.1, 0.15) is 0 Å². The van der Waals surface area contributed by atoms with Crippen molar-refractivity contribution in [2.75, 3.05) is 0 Å². The molecule has 0 spiro atoms. The first kappa shape index (κ1) is 9.00. The molecule has 2 N–H and O–H groups in total. The SMILES string of the molecule is C=C(C(N)=O)c1ccccc1Br. The molecule has 12 heavy (non-hydrogen) atoms. The third-order valence-electron chi connectivity index (χ3n) is 1.50. The summed E-state index contributed by atoms with van der Waals surface area (Å²) in [6.45, 7) is 3.58. The van der Waals surface area contributed by atoms with Crippen LogP contribution in [0.1, 0.15) is 5.56 Å². The van der Waals surface area contributed by atoms with Crippen molar-refractivity contribution in [2.24, 2.45) is 5.73 Å². The Morgan fingerprint density at radius 3 is 2.50 bits per heavy atom. The molecule has 0 heterocycles. The molecular formula is C9H8BrNO. The second kappa shape index (κ2) is 3.54. The Hall–Kier alpha value is -1.09. The van der Waals surface area contributed by atoms with Crippen LogP contribution in [0.3, 0.4) is 0 Å². The largest absolute Gasteiger partial charge is 0.366 e. The van der Waals surface area contributed by atoms with Crippen molar-refractivity contribution < 1.29 is 4.79 Å². The van der Waals surface area contributed by atoms with E-state index in [1.54, 1.807) is 6.07 Å². The second-order valence-electron chi connectivity index (χ2n) is 2.32. The highest BCUT2D eigenvalue weighted by Crippen LogP contribution is 2.22. The molecule has 0 aliphatic carbocycles. The number of halogens is 1. The van der Waals surface area contributed by atoms with Crippen LogP contribution in [0.15, 0.2) is 35.3 Å². The summed E-state index contributed by atoms with van der Waals surface area (Å²) in [5.74, 6) is -0.498. The highest BCUT2D eigenvalue weighted by Gasteiger charge is 2.07. The summed E-state index contributed by atoms with van der Waals surface area (Å²) in [5.41, 5.74) is 6.14. The van der Waals surface area contributed by atoms with Crippen LogP contribution in [-0.2, 0) is 4.79 Å². The molecule has 0 aromatic heterocycles. The van der Waals surface area contributed by atoms with E-state index >= 15 is 0 Å². The molecule has 0 aliphatic rings. The third-order valence-corrected chi connectivity index (χ3v) is 2.19. The minimum Gasteiger partial charge on any atom is -0.366 e. The number of hydrogen-bond acceptors (Lipinski definition) is 1. The van der Waals surface area contributed by atoms with Crippen molar-refractivity contribution in [1.82, 2.24) is 0 Å². The Balaban J connectivity index is 3.11. The lowest BCUT2D eigenvalue weighted by molar-refractivity contribution is -0.112. The maximum atomic E-state index is 10.8. The van der Waals surface area contributed by atoms with Gasteiger partial charge in [0.25, 0.3) is 0 Å². The van der Waals surface area contributed by atoms with Gasteiger partial charge < -0.3 is 5.73 Å². The van der Waals surface area contributed by atoms with E-state index in [-0.39, 0.29) is 0 Å². The summed E-state index contributed by atoms with van der Waals surface area (Å²) >= 11 is 3.30. The number of carbonyl (C=O) groups excluding carboxylic acids is 1. The van der Waals surface area contributed by atoms with Gasteiger partial charge in [-0.1, -0.05) is 40.7 Å². The molecule has 1 aromatic carbocycles. The average Bonchev–Trinajstić information content (AvgIpc) is 2.04. The molecule has 0 unspecified atom stereocenters. The van der Waals surface area contributed by atoms with Gasteiger partial charge in [-0.2, -0.15) is 0 Å². The van der Waals surface area contributed by atoms with Gasteiger partial charge in [-0.3, -0.25) is 4.79 Å². The first-order chi connectivity index (χ1) is 5.63. The predicted octanol–water partition coefficient (Wildman–Crippen LogP) is 1.95. The van der Waals surface area contributed by atoms with Gasteiger partial charge in [-0.15, -0.1) is 0 Å². The van der Waals surface area contributed by atoms with E-state index in [1.807, 2.05) is 18.2 Å². The van der Waals surface area contributed by atoms with E-state index in [1.165, 1.54) is 0 Å². The fourth-order valence-electron chi connectivity index (χ4n) is 0.839. The summed E-state index contributed by atoms with van der Waals surface area (Å²) in [5, 5.41) is 0. The van der Waals surface area contributed by atoms with Crippen LogP contribution in [-0.4, -0.2) is 5.91 Å². The summed E-state index contributed by atoms with van der Waals surface area (Å²) < 4.78 is 0.828. The second-order valence-corrected chi connectivity index (χ2v) is 3.18. The highest BCUT2D eigenvalue weighted by atomic mass is 79.9. The van der Waals surface area contributed by atoms with Gasteiger partial charge in [0.2, 0.25) is 5.91 Å². The van der Waals surface area contributed by atoms with Gasteiger partial charge in [0.05, 0.1) is 0 Å². The zero-order chi connectivity index (χ0) is 9.14. The van der Waals surface area contributed by atoms with Gasteiger partial charge in [-0.05, 0) is 6.07 Å².